The summed E-state index contributed by atoms with van der Waals surface area (Å²) in [6.07, 6.45) is -0.00925. The molecule has 3 aromatic rings. The van der Waals surface area contributed by atoms with Crippen LogP contribution < -0.4 is 20.1 Å². The molecule has 0 aliphatic carbocycles. The first-order chi connectivity index (χ1) is 20.9. The van der Waals surface area contributed by atoms with Crippen molar-refractivity contribution in [1.82, 2.24) is 15.4 Å². The Bertz CT molecular complexity index is 1440. The second-order valence-corrected chi connectivity index (χ2v) is 13.2. The number of rotatable bonds is 16. The number of para-hydroxylation sites is 1. The normalized spacial score (nSPS) is 14.3. The van der Waals surface area contributed by atoms with E-state index in [2.05, 4.69) is 15.4 Å². The van der Waals surface area contributed by atoms with Crippen molar-refractivity contribution in [3.05, 3.63) is 95.6 Å². The van der Waals surface area contributed by atoms with Crippen LogP contribution in [-0.4, -0.2) is 56.2 Å². The van der Waals surface area contributed by atoms with Gasteiger partial charge in [-0.3, -0.25) is 9.59 Å². The van der Waals surface area contributed by atoms with Crippen molar-refractivity contribution in [3.8, 4) is 5.75 Å². The summed E-state index contributed by atoms with van der Waals surface area (Å²) in [5.74, 6) is -0.541. The van der Waals surface area contributed by atoms with Gasteiger partial charge in [0.15, 0.2) is 6.61 Å². The van der Waals surface area contributed by atoms with Crippen molar-refractivity contribution in [1.29, 1.82) is 0 Å². The summed E-state index contributed by atoms with van der Waals surface area (Å²) in [7, 11) is -3.93. The van der Waals surface area contributed by atoms with E-state index in [1.54, 1.807) is 32.0 Å². The molecule has 10 heteroatoms. The molecule has 0 heterocycles. The number of hydrogen-bond donors (Lipinski definition) is 4. The van der Waals surface area contributed by atoms with Gasteiger partial charge in [0, 0.05) is 6.04 Å². The number of nitrogens with one attached hydrogen (secondary N) is 3. The van der Waals surface area contributed by atoms with Crippen LogP contribution >= 0.6 is 0 Å². The third kappa shape index (κ3) is 10.2. The fraction of sp³-hybridized carbons (Fsp3) is 0.412. The Morgan fingerprint density at radius 2 is 1.45 bits per heavy atom. The molecule has 9 nitrogen and oxygen atoms in total. The summed E-state index contributed by atoms with van der Waals surface area (Å²) in [5, 5.41) is 17.2. The predicted molar refractivity (Wildman–Crippen MR) is 172 cm³/mol. The average Bonchev–Trinajstić information content (AvgIpc) is 2.99. The number of aliphatic hydroxyl groups is 1. The second-order valence-electron chi connectivity index (χ2n) is 11.4. The zero-order valence-electron chi connectivity index (χ0n) is 26.1. The van der Waals surface area contributed by atoms with Gasteiger partial charge in [0.1, 0.15) is 11.8 Å². The largest absolute Gasteiger partial charge is 0.483 e. The van der Waals surface area contributed by atoms with Crippen LogP contribution in [0.1, 0.15) is 50.3 Å². The Labute approximate surface area is 261 Å². The lowest BCUT2D eigenvalue weighted by Crippen LogP contribution is -2.53. The third-order valence-electron chi connectivity index (χ3n) is 7.52. The molecule has 0 aliphatic rings. The van der Waals surface area contributed by atoms with Crippen molar-refractivity contribution in [2.45, 2.75) is 83.0 Å². The molecule has 2 amide bonds. The fourth-order valence-electron chi connectivity index (χ4n) is 4.97. The first kappa shape index (κ1) is 34.8. The fourth-order valence-corrected chi connectivity index (χ4v) is 6.33. The Kier molecular flexibility index (Phi) is 12.9. The lowest BCUT2D eigenvalue weighted by atomic mass is 9.95. The van der Waals surface area contributed by atoms with Crippen LogP contribution in [0.2, 0.25) is 0 Å². The van der Waals surface area contributed by atoms with Gasteiger partial charge in [-0.15, -0.1) is 0 Å². The van der Waals surface area contributed by atoms with E-state index in [0.29, 0.717) is 18.6 Å². The van der Waals surface area contributed by atoms with Gasteiger partial charge in [0.25, 0.3) is 5.91 Å². The Hall–Kier alpha value is -3.73. The number of aliphatic hydroxyl groups excluding tert-OH is 1. The Balaban J connectivity index is 1.70. The lowest BCUT2D eigenvalue weighted by Gasteiger charge is -2.29. The third-order valence-corrected chi connectivity index (χ3v) is 8.97. The first-order valence-electron chi connectivity index (χ1n) is 15.0. The van der Waals surface area contributed by atoms with E-state index < -0.39 is 40.2 Å². The lowest BCUT2D eigenvalue weighted by molar-refractivity contribution is -0.126. The minimum Gasteiger partial charge on any atom is -0.483 e. The Morgan fingerprint density at radius 1 is 0.864 bits per heavy atom. The highest BCUT2D eigenvalue weighted by Crippen LogP contribution is 2.22. The molecule has 238 valence electrons. The van der Waals surface area contributed by atoms with Crippen LogP contribution in [0.5, 0.6) is 5.75 Å². The molecule has 4 N–H and O–H groups in total. The molecule has 44 heavy (non-hydrogen) atoms. The van der Waals surface area contributed by atoms with E-state index in [1.165, 1.54) is 12.1 Å². The van der Waals surface area contributed by atoms with Gasteiger partial charge in [-0.1, -0.05) is 87.5 Å². The second kappa shape index (κ2) is 16.4. The molecule has 3 aromatic carbocycles. The number of ether oxygens (including phenoxy) is 1. The topological polar surface area (TPSA) is 134 Å². The maximum atomic E-state index is 13.4. The van der Waals surface area contributed by atoms with Crippen LogP contribution in [0.4, 0.5) is 0 Å². The molecular formula is C34H45N3O6S. The highest BCUT2D eigenvalue weighted by Gasteiger charge is 2.31. The van der Waals surface area contributed by atoms with Gasteiger partial charge in [-0.05, 0) is 67.9 Å². The molecule has 3 rings (SSSR count). The van der Waals surface area contributed by atoms with Crippen molar-refractivity contribution in [3.63, 3.8) is 0 Å². The molecule has 0 aliphatic heterocycles. The number of carbonyl (C=O) groups is 2. The molecule has 0 aromatic heterocycles. The molecule has 0 saturated heterocycles. The van der Waals surface area contributed by atoms with Crippen molar-refractivity contribution >= 4 is 21.8 Å². The van der Waals surface area contributed by atoms with Crippen LogP contribution in [0, 0.1) is 19.8 Å². The summed E-state index contributed by atoms with van der Waals surface area (Å²) in [4.78, 5) is 26.4. The van der Waals surface area contributed by atoms with Crippen LogP contribution in [0.25, 0.3) is 0 Å². The zero-order chi connectivity index (χ0) is 32.3. The van der Waals surface area contributed by atoms with Gasteiger partial charge in [-0.2, -0.15) is 4.72 Å². The van der Waals surface area contributed by atoms with Gasteiger partial charge < -0.3 is 20.5 Å². The number of amides is 2. The maximum absolute atomic E-state index is 13.4. The van der Waals surface area contributed by atoms with Crippen molar-refractivity contribution < 1.29 is 27.9 Å². The smallest absolute Gasteiger partial charge is 0.258 e. The molecule has 0 saturated carbocycles. The summed E-state index contributed by atoms with van der Waals surface area (Å²) < 4.78 is 34.3. The monoisotopic (exact) mass is 623 g/mol. The van der Waals surface area contributed by atoms with Gasteiger partial charge in [-0.25, -0.2) is 8.42 Å². The molecular weight excluding hydrogens is 578 g/mol. The maximum Gasteiger partial charge on any atom is 0.258 e. The van der Waals surface area contributed by atoms with Gasteiger partial charge >= 0.3 is 0 Å². The molecule has 0 unspecified atom stereocenters. The Morgan fingerprint density at radius 3 is 2.02 bits per heavy atom. The van der Waals surface area contributed by atoms with Crippen LogP contribution in [-0.2, 0) is 26.0 Å². The predicted octanol–water partition coefficient (Wildman–Crippen LogP) is 4.06. The number of aryl methyl sites for hydroxylation is 2. The van der Waals surface area contributed by atoms with Crippen LogP contribution in [0.3, 0.4) is 0 Å². The molecule has 0 spiro atoms. The molecule has 0 bridgehead atoms. The quantitative estimate of drug-likeness (QED) is 0.190. The number of hydrogen-bond acceptors (Lipinski definition) is 6. The van der Waals surface area contributed by atoms with Crippen molar-refractivity contribution in [2.24, 2.45) is 5.92 Å². The average molecular weight is 624 g/mol. The van der Waals surface area contributed by atoms with Crippen LogP contribution in [0.15, 0.2) is 83.8 Å². The van der Waals surface area contributed by atoms with E-state index in [4.69, 9.17) is 4.74 Å². The summed E-state index contributed by atoms with van der Waals surface area (Å²) in [5.41, 5.74) is 2.77. The summed E-state index contributed by atoms with van der Waals surface area (Å²) >= 11 is 0. The number of benzene rings is 3. The highest BCUT2D eigenvalue weighted by molar-refractivity contribution is 7.89. The summed E-state index contributed by atoms with van der Waals surface area (Å²) in [6, 6.07) is 21.0. The zero-order valence-corrected chi connectivity index (χ0v) is 26.9. The standard InChI is InChI=1S/C34H45N3O6S/c1-6-27(35-34(40)32(23(2)3)37-44(41,42)28-18-11-8-12-19-28)21-30(38)29(20-26-16-9-7-10-17-26)36-31(39)22-43-33-24(4)14-13-15-25(33)5/h7-19,23,27,29-30,32,37-38H,6,20-22H2,1-5H3,(H,35,40)(H,36,39)/t27-,29-,30-,32-/m0/s1. The SMILES string of the molecule is CC[C@@H](C[C@H](O)[C@H](Cc1ccccc1)NC(=O)COc1c(C)cccc1C)NC(=O)[C@@H](NS(=O)(=O)c1ccccc1)C(C)C. The molecule has 0 fully saturated rings. The molecule has 0 radical (unpaired) electrons. The van der Waals surface area contributed by atoms with E-state index in [0.717, 1.165) is 16.7 Å². The number of carbonyl (C=O) groups excluding carboxylic acids is 2. The van der Waals surface area contributed by atoms with Crippen molar-refractivity contribution in [2.75, 3.05) is 6.61 Å². The first-order valence-corrected chi connectivity index (χ1v) is 16.5. The molecule has 4 atom stereocenters. The van der Waals surface area contributed by atoms with E-state index in [1.807, 2.05) is 69.3 Å². The van der Waals surface area contributed by atoms with E-state index in [9.17, 15) is 23.1 Å². The minimum absolute atomic E-state index is 0.0713. The number of sulfonamides is 1. The highest BCUT2D eigenvalue weighted by atomic mass is 32.2. The minimum atomic E-state index is -3.93. The van der Waals surface area contributed by atoms with E-state index >= 15 is 0 Å². The summed E-state index contributed by atoms with van der Waals surface area (Å²) in [6.45, 7) is 9.02. The van der Waals surface area contributed by atoms with E-state index in [-0.39, 0.29) is 29.7 Å². The van der Waals surface area contributed by atoms with Gasteiger partial charge in [0.05, 0.1) is 17.0 Å². The van der Waals surface area contributed by atoms with Gasteiger partial charge in [0.2, 0.25) is 15.9 Å².